The van der Waals surface area contributed by atoms with Crippen molar-refractivity contribution < 1.29 is 22.7 Å². The van der Waals surface area contributed by atoms with Gasteiger partial charge in [0.05, 0.1) is 30.2 Å². The van der Waals surface area contributed by atoms with Crippen molar-refractivity contribution in [3.8, 4) is 0 Å². The van der Waals surface area contributed by atoms with Gasteiger partial charge in [0.1, 0.15) is 0 Å². The van der Waals surface area contributed by atoms with E-state index in [0.29, 0.717) is 75.8 Å². The molecule has 2 heterocycles. The Hall–Kier alpha value is -2.79. The first-order chi connectivity index (χ1) is 16.9. The van der Waals surface area contributed by atoms with Crippen LogP contribution in [0.2, 0.25) is 0 Å². The lowest BCUT2D eigenvalue weighted by Crippen LogP contribution is -2.48. The van der Waals surface area contributed by atoms with E-state index in [1.807, 2.05) is 12.1 Å². The molecule has 2 amide bonds. The SMILES string of the molecule is CCS(=O)(=O)N1CCN(Cc2ccc(C(=O)Nc3ccccc3C(=O)N3CCOCC3)cc2)CC1. The Labute approximate surface area is 206 Å². The van der Waals surface area contributed by atoms with Gasteiger partial charge in [0.2, 0.25) is 10.0 Å². The van der Waals surface area contributed by atoms with Crippen molar-refractivity contribution in [1.29, 1.82) is 0 Å². The summed E-state index contributed by atoms with van der Waals surface area (Å²) in [6, 6.07) is 14.4. The summed E-state index contributed by atoms with van der Waals surface area (Å²) < 4.78 is 30.9. The smallest absolute Gasteiger partial charge is 0.256 e. The lowest BCUT2D eigenvalue weighted by molar-refractivity contribution is 0.0303. The molecule has 4 rings (SSSR count). The summed E-state index contributed by atoms with van der Waals surface area (Å²) in [4.78, 5) is 29.8. The minimum Gasteiger partial charge on any atom is -0.378 e. The number of nitrogens with zero attached hydrogens (tertiary/aromatic N) is 3. The molecule has 0 unspecified atom stereocenters. The van der Waals surface area contributed by atoms with Gasteiger partial charge < -0.3 is 15.0 Å². The molecule has 10 heteroatoms. The van der Waals surface area contributed by atoms with E-state index in [0.717, 1.165) is 5.56 Å². The molecule has 0 saturated carbocycles. The van der Waals surface area contributed by atoms with Crippen LogP contribution < -0.4 is 5.32 Å². The highest BCUT2D eigenvalue weighted by Crippen LogP contribution is 2.20. The fraction of sp³-hybridized carbons (Fsp3) is 0.440. The fourth-order valence-electron chi connectivity index (χ4n) is 4.28. The number of anilines is 1. The van der Waals surface area contributed by atoms with E-state index in [9.17, 15) is 18.0 Å². The van der Waals surface area contributed by atoms with Gasteiger partial charge in [-0.2, -0.15) is 4.31 Å². The molecule has 35 heavy (non-hydrogen) atoms. The van der Waals surface area contributed by atoms with Crippen molar-refractivity contribution in [1.82, 2.24) is 14.1 Å². The second-order valence-electron chi connectivity index (χ2n) is 8.68. The molecule has 2 aromatic carbocycles. The Balaban J connectivity index is 1.35. The van der Waals surface area contributed by atoms with Crippen molar-refractivity contribution in [2.24, 2.45) is 0 Å². The van der Waals surface area contributed by atoms with Gasteiger partial charge in [-0.1, -0.05) is 24.3 Å². The van der Waals surface area contributed by atoms with Crippen LogP contribution >= 0.6 is 0 Å². The van der Waals surface area contributed by atoms with Gasteiger partial charge in [-0.25, -0.2) is 8.42 Å². The quantitative estimate of drug-likeness (QED) is 0.623. The van der Waals surface area contributed by atoms with E-state index in [1.165, 1.54) is 0 Å². The Bertz CT molecular complexity index is 1140. The van der Waals surface area contributed by atoms with Crippen LogP contribution in [0.25, 0.3) is 0 Å². The van der Waals surface area contributed by atoms with Crippen molar-refractivity contribution in [3.05, 3.63) is 65.2 Å². The van der Waals surface area contributed by atoms with Crippen molar-refractivity contribution in [3.63, 3.8) is 0 Å². The number of ether oxygens (including phenoxy) is 1. The van der Waals surface area contributed by atoms with Gasteiger partial charge in [0, 0.05) is 51.4 Å². The largest absolute Gasteiger partial charge is 0.378 e. The minimum atomic E-state index is -3.14. The first kappa shape index (κ1) is 25.3. The van der Waals surface area contributed by atoms with Crippen molar-refractivity contribution in [2.75, 3.05) is 63.6 Å². The minimum absolute atomic E-state index is 0.119. The zero-order valence-corrected chi connectivity index (χ0v) is 20.8. The maximum atomic E-state index is 12.9. The average molecular weight is 501 g/mol. The first-order valence-corrected chi connectivity index (χ1v) is 13.5. The van der Waals surface area contributed by atoms with Crippen LogP contribution in [0.3, 0.4) is 0 Å². The van der Waals surface area contributed by atoms with Gasteiger partial charge in [-0.3, -0.25) is 14.5 Å². The molecule has 1 N–H and O–H groups in total. The van der Waals surface area contributed by atoms with Gasteiger partial charge in [0.15, 0.2) is 0 Å². The summed E-state index contributed by atoms with van der Waals surface area (Å²) in [5, 5.41) is 2.88. The molecule has 0 aliphatic carbocycles. The predicted octanol–water partition coefficient (Wildman–Crippen LogP) is 1.88. The number of hydrogen-bond donors (Lipinski definition) is 1. The van der Waals surface area contributed by atoms with E-state index in [1.54, 1.807) is 52.5 Å². The van der Waals surface area contributed by atoms with E-state index < -0.39 is 10.0 Å². The lowest BCUT2D eigenvalue weighted by atomic mass is 10.1. The molecule has 2 aliphatic rings. The molecule has 9 nitrogen and oxygen atoms in total. The predicted molar refractivity (Wildman–Crippen MR) is 134 cm³/mol. The monoisotopic (exact) mass is 500 g/mol. The summed E-state index contributed by atoms with van der Waals surface area (Å²) in [7, 11) is -3.14. The van der Waals surface area contributed by atoms with Gasteiger partial charge in [-0.05, 0) is 36.8 Å². The van der Waals surface area contributed by atoms with Crippen LogP contribution in [-0.2, 0) is 21.3 Å². The second kappa shape index (κ2) is 11.3. The molecule has 2 aliphatic heterocycles. The zero-order chi connectivity index (χ0) is 24.8. The third-order valence-corrected chi connectivity index (χ3v) is 8.30. The fourth-order valence-corrected chi connectivity index (χ4v) is 5.36. The number of para-hydroxylation sites is 1. The number of sulfonamides is 1. The van der Waals surface area contributed by atoms with Crippen LogP contribution in [0, 0.1) is 0 Å². The van der Waals surface area contributed by atoms with Crippen LogP contribution in [0.5, 0.6) is 0 Å². The highest BCUT2D eigenvalue weighted by Gasteiger charge is 2.25. The third kappa shape index (κ3) is 6.26. The van der Waals surface area contributed by atoms with Gasteiger partial charge in [-0.15, -0.1) is 0 Å². The number of rotatable bonds is 7. The summed E-state index contributed by atoms with van der Waals surface area (Å²) in [6.07, 6.45) is 0. The number of morpholine rings is 1. The number of carbonyl (C=O) groups is 2. The van der Waals surface area contributed by atoms with Crippen LogP contribution in [0.15, 0.2) is 48.5 Å². The molecule has 2 saturated heterocycles. The topological polar surface area (TPSA) is 99.3 Å². The highest BCUT2D eigenvalue weighted by molar-refractivity contribution is 7.89. The van der Waals surface area contributed by atoms with E-state index in [-0.39, 0.29) is 17.6 Å². The molecular formula is C25H32N4O5S. The summed E-state index contributed by atoms with van der Waals surface area (Å²) in [6.45, 7) is 6.81. The van der Waals surface area contributed by atoms with Gasteiger partial charge >= 0.3 is 0 Å². The molecule has 0 atom stereocenters. The van der Waals surface area contributed by atoms with Crippen LogP contribution in [0.1, 0.15) is 33.2 Å². The second-order valence-corrected chi connectivity index (χ2v) is 10.9. The Morgan fingerprint density at radius 3 is 2.23 bits per heavy atom. The molecule has 188 valence electrons. The summed E-state index contributed by atoms with van der Waals surface area (Å²) in [5.41, 5.74) is 2.50. The molecule has 0 radical (unpaired) electrons. The maximum absolute atomic E-state index is 12.9. The lowest BCUT2D eigenvalue weighted by Gasteiger charge is -2.33. The average Bonchev–Trinajstić information content (AvgIpc) is 2.90. The molecule has 2 fully saturated rings. The number of amides is 2. The Morgan fingerprint density at radius 1 is 0.914 bits per heavy atom. The summed E-state index contributed by atoms with van der Waals surface area (Å²) in [5.74, 6) is -0.272. The number of hydrogen-bond acceptors (Lipinski definition) is 6. The first-order valence-electron chi connectivity index (χ1n) is 11.9. The molecule has 0 bridgehead atoms. The molecule has 2 aromatic rings. The van der Waals surface area contributed by atoms with Crippen LogP contribution in [0.4, 0.5) is 5.69 Å². The highest BCUT2D eigenvalue weighted by atomic mass is 32.2. The number of piperazine rings is 1. The Morgan fingerprint density at radius 2 is 1.57 bits per heavy atom. The third-order valence-electron chi connectivity index (χ3n) is 6.42. The maximum Gasteiger partial charge on any atom is 0.256 e. The standard InChI is InChI=1S/C25H32N4O5S/c1-2-35(32,33)29-13-11-27(12-14-29)19-20-7-9-21(10-8-20)24(30)26-23-6-4-3-5-22(23)25(31)28-15-17-34-18-16-28/h3-10H,2,11-19H2,1H3,(H,26,30). The molecular weight excluding hydrogens is 468 g/mol. The van der Waals surface area contributed by atoms with E-state index in [4.69, 9.17) is 4.74 Å². The van der Waals surface area contributed by atoms with Crippen LogP contribution in [-0.4, -0.2) is 92.6 Å². The zero-order valence-electron chi connectivity index (χ0n) is 20.0. The van der Waals surface area contributed by atoms with Crippen molar-refractivity contribution in [2.45, 2.75) is 13.5 Å². The van der Waals surface area contributed by atoms with E-state index >= 15 is 0 Å². The van der Waals surface area contributed by atoms with Gasteiger partial charge in [0.25, 0.3) is 11.8 Å². The number of nitrogens with one attached hydrogen (secondary N) is 1. The molecule has 0 aromatic heterocycles. The molecule has 0 spiro atoms. The van der Waals surface area contributed by atoms with Crippen molar-refractivity contribution >= 4 is 27.5 Å². The number of benzene rings is 2. The van der Waals surface area contributed by atoms with E-state index in [2.05, 4.69) is 10.2 Å². The summed E-state index contributed by atoms with van der Waals surface area (Å²) >= 11 is 0. The normalized spacial score (nSPS) is 17.8. The Kier molecular flexibility index (Phi) is 8.17. The number of carbonyl (C=O) groups excluding carboxylic acids is 2.